The molecule has 0 bridgehead atoms. The number of benzene rings is 1. The van der Waals surface area contributed by atoms with E-state index in [1.807, 2.05) is 19.2 Å². The second-order valence-electron chi connectivity index (χ2n) is 6.84. The first-order valence-corrected chi connectivity index (χ1v) is 9.68. The number of hydrogen-bond acceptors (Lipinski definition) is 5. The summed E-state index contributed by atoms with van der Waals surface area (Å²) in [6.45, 7) is 5.79. The van der Waals surface area contributed by atoms with Crippen LogP contribution in [0.1, 0.15) is 37.7 Å². The molecule has 6 nitrogen and oxygen atoms in total. The summed E-state index contributed by atoms with van der Waals surface area (Å²) in [7, 11) is 3.33. The lowest BCUT2D eigenvalue weighted by Gasteiger charge is -2.11. The number of hydrogen-bond donors (Lipinski definition) is 1. The average molecular weight is 395 g/mol. The number of pyridine rings is 1. The molecule has 0 saturated heterocycles. The van der Waals surface area contributed by atoms with E-state index in [0.717, 1.165) is 22.4 Å². The Kier molecular flexibility index (Phi) is 5.56. The van der Waals surface area contributed by atoms with Crippen molar-refractivity contribution in [2.75, 3.05) is 19.4 Å². The Morgan fingerprint density at radius 3 is 2.46 bits per heavy atom. The number of nitrogens with one attached hydrogen (secondary N) is 1. The maximum Gasteiger partial charge on any atom is 0.271 e. The van der Waals surface area contributed by atoms with Crippen molar-refractivity contribution in [3.63, 3.8) is 0 Å². The van der Waals surface area contributed by atoms with E-state index >= 15 is 0 Å². The zero-order valence-electron chi connectivity index (χ0n) is 16.5. The number of carbonyl (C=O) groups is 2. The molecule has 28 heavy (non-hydrogen) atoms. The van der Waals surface area contributed by atoms with E-state index in [1.165, 1.54) is 16.2 Å². The van der Waals surface area contributed by atoms with Crippen molar-refractivity contribution >= 4 is 28.3 Å². The Morgan fingerprint density at radius 1 is 1.04 bits per heavy atom. The highest BCUT2D eigenvalue weighted by Crippen LogP contribution is 2.28. The van der Waals surface area contributed by atoms with Gasteiger partial charge in [-0.2, -0.15) is 0 Å². The Morgan fingerprint density at radius 2 is 1.79 bits per heavy atom. The summed E-state index contributed by atoms with van der Waals surface area (Å²) in [6.07, 6.45) is 0. The number of amides is 2. The fourth-order valence-electron chi connectivity index (χ4n) is 2.78. The van der Waals surface area contributed by atoms with Crippen molar-refractivity contribution in [2.45, 2.75) is 20.8 Å². The fraction of sp³-hybridized carbons (Fsp3) is 0.238. The molecule has 1 N–H and O–H groups in total. The second kappa shape index (κ2) is 7.90. The molecule has 2 heterocycles. The molecule has 0 spiro atoms. The van der Waals surface area contributed by atoms with Gasteiger partial charge in [-0.25, -0.2) is 9.97 Å². The van der Waals surface area contributed by atoms with Gasteiger partial charge >= 0.3 is 0 Å². The predicted octanol–water partition coefficient (Wildman–Crippen LogP) is 4.08. The summed E-state index contributed by atoms with van der Waals surface area (Å²) in [5, 5.41) is 5.28. The van der Waals surface area contributed by atoms with Gasteiger partial charge in [-0.05, 0) is 44.5 Å². The van der Waals surface area contributed by atoms with Crippen LogP contribution >= 0.6 is 11.3 Å². The molecule has 0 aliphatic carbocycles. The average Bonchev–Trinajstić information content (AvgIpc) is 3.10. The number of aromatic nitrogens is 2. The van der Waals surface area contributed by atoms with Crippen LogP contribution in [-0.2, 0) is 0 Å². The minimum absolute atomic E-state index is 0.201. The van der Waals surface area contributed by atoms with Crippen molar-refractivity contribution in [3.05, 3.63) is 63.8 Å². The standard InChI is InChI=1S/C21H22N4O2S/c1-12-6-7-13(2)16(10-12)18-11-28-21(23-18)24-19(26)15-8-9-17(22-14(15)3)20(27)25(4)5/h6-11H,1-5H3,(H,23,24,26). The van der Waals surface area contributed by atoms with Gasteiger partial charge in [-0.3, -0.25) is 14.9 Å². The number of thiazole rings is 1. The maximum absolute atomic E-state index is 12.6. The Hall–Kier alpha value is -3.06. The highest BCUT2D eigenvalue weighted by Gasteiger charge is 2.16. The van der Waals surface area contributed by atoms with Gasteiger partial charge in [-0.15, -0.1) is 11.3 Å². The van der Waals surface area contributed by atoms with Gasteiger partial charge in [0.05, 0.1) is 17.0 Å². The third-order valence-electron chi connectivity index (χ3n) is 4.35. The summed E-state index contributed by atoms with van der Waals surface area (Å²) in [5.41, 5.74) is 5.41. The predicted molar refractivity (Wildman–Crippen MR) is 112 cm³/mol. The largest absolute Gasteiger partial charge is 0.343 e. The third kappa shape index (κ3) is 4.09. The summed E-state index contributed by atoms with van der Waals surface area (Å²) in [4.78, 5) is 34.9. The molecule has 0 atom stereocenters. The Balaban J connectivity index is 1.80. The smallest absolute Gasteiger partial charge is 0.271 e. The molecule has 1 aromatic carbocycles. The topological polar surface area (TPSA) is 75.2 Å². The Bertz CT molecular complexity index is 1060. The lowest BCUT2D eigenvalue weighted by molar-refractivity contribution is 0.0821. The van der Waals surface area contributed by atoms with Gasteiger partial charge in [-0.1, -0.05) is 17.7 Å². The van der Waals surface area contributed by atoms with E-state index in [1.54, 1.807) is 33.2 Å². The molecule has 0 aliphatic heterocycles. The number of carbonyl (C=O) groups excluding carboxylic acids is 2. The molecule has 3 rings (SSSR count). The van der Waals surface area contributed by atoms with Crippen molar-refractivity contribution in [3.8, 4) is 11.3 Å². The number of aryl methyl sites for hydroxylation is 3. The highest BCUT2D eigenvalue weighted by atomic mass is 32.1. The van der Waals surface area contributed by atoms with E-state index in [0.29, 0.717) is 22.1 Å². The van der Waals surface area contributed by atoms with Gasteiger partial charge in [0.2, 0.25) is 0 Å². The molecule has 2 amide bonds. The quantitative estimate of drug-likeness (QED) is 0.723. The molecule has 0 aliphatic rings. The maximum atomic E-state index is 12.6. The van der Waals surface area contributed by atoms with Gasteiger partial charge in [0.1, 0.15) is 5.69 Å². The van der Waals surface area contributed by atoms with Crippen molar-refractivity contribution in [1.82, 2.24) is 14.9 Å². The molecule has 0 saturated carbocycles. The van der Waals surface area contributed by atoms with Gasteiger partial charge < -0.3 is 4.90 Å². The van der Waals surface area contributed by atoms with E-state index < -0.39 is 0 Å². The minimum Gasteiger partial charge on any atom is -0.343 e. The first-order chi connectivity index (χ1) is 13.3. The van der Waals surface area contributed by atoms with Crippen LogP contribution in [0.15, 0.2) is 35.7 Å². The molecule has 144 valence electrons. The van der Waals surface area contributed by atoms with Crippen LogP contribution in [0.4, 0.5) is 5.13 Å². The van der Waals surface area contributed by atoms with Crippen molar-refractivity contribution in [1.29, 1.82) is 0 Å². The number of nitrogens with zero attached hydrogens (tertiary/aromatic N) is 3. The fourth-order valence-corrected chi connectivity index (χ4v) is 3.49. The second-order valence-corrected chi connectivity index (χ2v) is 7.70. The summed E-state index contributed by atoms with van der Waals surface area (Å²) >= 11 is 1.38. The molecule has 3 aromatic rings. The SMILES string of the molecule is Cc1ccc(C)c(-c2csc(NC(=O)c3ccc(C(=O)N(C)C)nc3C)n2)c1. The van der Waals surface area contributed by atoms with E-state index in [2.05, 4.69) is 33.5 Å². The zero-order chi connectivity index (χ0) is 20.4. The summed E-state index contributed by atoms with van der Waals surface area (Å²) < 4.78 is 0. The zero-order valence-corrected chi connectivity index (χ0v) is 17.3. The van der Waals surface area contributed by atoms with Crippen LogP contribution in [0.2, 0.25) is 0 Å². The van der Waals surface area contributed by atoms with Crippen molar-refractivity contribution < 1.29 is 9.59 Å². The highest BCUT2D eigenvalue weighted by molar-refractivity contribution is 7.14. The van der Waals surface area contributed by atoms with Crippen LogP contribution in [0.25, 0.3) is 11.3 Å². The van der Waals surface area contributed by atoms with E-state index in [-0.39, 0.29) is 11.8 Å². The monoisotopic (exact) mass is 394 g/mol. The third-order valence-corrected chi connectivity index (χ3v) is 5.11. The summed E-state index contributed by atoms with van der Waals surface area (Å²) in [5.74, 6) is -0.496. The molecule has 0 fully saturated rings. The molecular weight excluding hydrogens is 372 g/mol. The van der Waals surface area contributed by atoms with Crippen LogP contribution in [0.5, 0.6) is 0 Å². The van der Waals surface area contributed by atoms with E-state index in [4.69, 9.17) is 0 Å². The summed E-state index contributed by atoms with van der Waals surface area (Å²) in [6, 6.07) is 9.40. The first kappa shape index (κ1) is 19.7. The molecule has 0 radical (unpaired) electrons. The molecule has 0 unspecified atom stereocenters. The normalized spacial score (nSPS) is 10.6. The molecule has 2 aromatic heterocycles. The lowest BCUT2D eigenvalue weighted by Crippen LogP contribution is -2.23. The molecular formula is C21H22N4O2S. The van der Waals surface area contributed by atoms with Crippen molar-refractivity contribution in [2.24, 2.45) is 0 Å². The van der Waals surface area contributed by atoms with Crippen LogP contribution < -0.4 is 5.32 Å². The first-order valence-electron chi connectivity index (χ1n) is 8.80. The number of anilines is 1. The minimum atomic E-state index is -0.296. The van der Waals surface area contributed by atoms with Gasteiger partial charge in [0, 0.05) is 25.0 Å². The van der Waals surface area contributed by atoms with Crippen LogP contribution in [-0.4, -0.2) is 40.8 Å². The Labute approximate surface area is 168 Å². The number of rotatable bonds is 4. The van der Waals surface area contributed by atoms with Gasteiger partial charge in [0.25, 0.3) is 11.8 Å². The van der Waals surface area contributed by atoms with Crippen LogP contribution in [0.3, 0.4) is 0 Å². The van der Waals surface area contributed by atoms with E-state index in [9.17, 15) is 9.59 Å². The molecule has 7 heteroatoms. The lowest BCUT2D eigenvalue weighted by atomic mass is 10.0. The van der Waals surface area contributed by atoms with Gasteiger partial charge in [0.15, 0.2) is 5.13 Å². The van der Waals surface area contributed by atoms with Crippen LogP contribution in [0, 0.1) is 20.8 Å².